The van der Waals surface area contributed by atoms with Gasteiger partial charge in [0.15, 0.2) is 0 Å². The Morgan fingerprint density at radius 3 is 2.61 bits per heavy atom. The van der Waals surface area contributed by atoms with E-state index in [1.165, 1.54) is 6.08 Å². The summed E-state index contributed by atoms with van der Waals surface area (Å²) in [5, 5.41) is 7.32. The van der Waals surface area contributed by atoms with Gasteiger partial charge < -0.3 is 9.84 Å². The number of likely N-dealkylation sites (tertiary alicyclic amines) is 1. The first-order valence-electron chi connectivity index (χ1n) is 4.98. The highest BCUT2D eigenvalue weighted by atomic mass is 32.3. The summed E-state index contributed by atoms with van der Waals surface area (Å²) in [6.07, 6.45) is -0.224. The summed E-state index contributed by atoms with van der Waals surface area (Å²) >= 11 is 0. The van der Waals surface area contributed by atoms with Gasteiger partial charge in [-0.2, -0.15) is 8.42 Å². The molecule has 1 aliphatic heterocycles. The first-order valence-corrected chi connectivity index (χ1v) is 6.42. The van der Waals surface area contributed by atoms with Gasteiger partial charge in [0.1, 0.15) is 17.9 Å². The molecule has 0 spiro atoms. The predicted octanol–water partition coefficient (Wildman–Crippen LogP) is 0.136. The summed E-state index contributed by atoms with van der Waals surface area (Å²) in [5.74, 6) is -1.41. The maximum absolute atomic E-state index is 12.8. The van der Waals surface area contributed by atoms with E-state index in [0.717, 1.165) is 0 Å². The third kappa shape index (κ3) is 3.19. The molecule has 0 aliphatic carbocycles. The van der Waals surface area contributed by atoms with E-state index in [-0.39, 0.29) is 6.61 Å². The van der Waals surface area contributed by atoms with Crippen LogP contribution in [-0.2, 0) is 19.8 Å². The Morgan fingerprint density at radius 1 is 1.56 bits per heavy atom. The van der Waals surface area contributed by atoms with Crippen LogP contribution in [0, 0.1) is 0 Å². The Hall–Kier alpha value is -1.64. The second-order valence-electron chi connectivity index (χ2n) is 3.71. The topological polar surface area (TPSA) is 101 Å². The average molecular weight is 281 g/mol. The molecule has 2 atom stereocenters. The third-order valence-electron chi connectivity index (χ3n) is 2.51. The van der Waals surface area contributed by atoms with Crippen molar-refractivity contribution in [1.29, 1.82) is 0 Å². The number of carboxylic acids is 1. The maximum atomic E-state index is 12.8. The molecule has 0 aromatic rings. The monoisotopic (exact) mass is 281 g/mol. The van der Waals surface area contributed by atoms with Crippen molar-refractivity contribution in [2.75, 3.05) is 13.2 Å². The Kier molecular flexibility index (Phi) is 4.28. The number of hydrogen-bond acceptors (Lipinski definition) is 5. The van der Waals surface area contributed by atoms with E-state index < -0.39 is 46.5 Å². The molecule has 0 bridgehead atoms. The van der Waals surface area contributed by atoms with Crippen LogP contribution in [0.15, 0.2) is 12.7 Å². The van der Waals surface area contributed by atoms with Crippen LogP contribution in [0.2, 0.25) is 0 Å². The van der Waals surface area contributed by atoms with E-state index in [1.807, 2.05) is 0 Å². The number of halogens is 1. The van der Waals surface area contributed by atoms with Gasteiger partial charge in [0.25, 0.3) is 0 Å². The smallest absolute Gasteiger partial charge is 0.410 e. The summed E-state index contributed by atoms with van der Waals surface area (Å²) in [6.45, 7) is 2.62. The Balaban J connectivity index is 2.85. The van der Waals surface area contributed by atoms with Gasteiger partial charge in [0, 0.05) is 6.54 Å². The fraction of sp³-hybridized carbons (Fsp3) is 0.556. The summed E-state index contributed by atoms with van der Waals surface area (Å²) in [7, 11) is -4.89. The summed E-state index contributed by atoms with van der Waals surface area (Å²) in [4.78, 5) is 23.0. The third-order valence-corrected chi connectivity index (χ3v) is 3.64. The molecule has 18 heavy (non-hydrogen) atoms. The minimum Gasteiger partial charge on any atom is -0.480 e. The van der Waals surface area contributed by atoms with Crippen molar-refractivity contribution in [1.82, 2.24) is 4.90 Å². The lowest BCUT2D eigenvalue weighted by Crippen LogP contribution is -2.41. The van der Waals surface area contributed by atoms with E-state index in [4.69, 9.17) is 5.11 Å². The Morgan fingerprint density at radius 2 is 2.17 bits per heavy atom. The normalized spacial score (nSPS) is 23.7. The second-order valence-corrected chi connectivity index (χ2v) is 5.32. The van der Waals surface area contributed by atoms with Gasteiger partial charge >= 0.3 is 22.3 Å². The number of nitrogens with zero attached hydrogens (tertiary/aromatic N) is 1. The van der Waals surface area contributed by atoms with Crippen molar-refractivity contribution in [3.8, 4) is 0 Å². The maximum Gasteiger partial charge on any atom is 0.410 e. The fourth-order valence-electron chi connectivity index (χ4n) is 1.65. The first-order chi connectivity index (χ1) is 8.27. The van der Waals surface area contributed by atoms with Crippen LogP contribution in [0.5, 0.6) is 0 Å². The zero-order valence-corrected chi connectivity index (χ0v) is 10.1. The van der Waals surface area contributed by atoms with Crippen LogP contribution in [0.4, 0.5) is 8.68 Å². The van der Waals surface area contributed by atoms with Gasteiger partial charge in [-0.05, 0) is 6.42 Å². The average Bonchev–Trinajstić information content (AvgIpc) is 2.70. The number of rotatable bonds is 4. The van der Waals surface area contributed by atoms with Crippen LogP contribution in [0.3, 0.4) is 0 Å². The second kappa shape index (κ2) is 5.34. The number of aliphatic carboxylic acids is 1. The SMILES string of the molecule is C=CCOC(=O)N1CC(S(=O)(=O)F)CC1C(=O)O. The van der Waals surface area contributed by atoms with Crippen molar-refractivity contribution >= 4 is 22.3 Å². The van der Waals surface area contributed by atoms with E-state index in [2.05, 4.69) is 11.3 Å². The lowest BCUT2D eigenvalue weighted by Gasteiger charge is -2.19. The van der Waals surface area contributed by atoms with E-state index in [9.17, 15) is 21.9 Å². The van der Waals surface area contributed by atoms with Crippen LogP contribution in [0.1, 0.15) is 6.42 Å². The van der Waals surface area contributed by atoms with Gasteiger partial charge in [0.2, 0.25) is 0 Å². The molecule has 1 rings (SSSR count). The summed E-state index contributed by atoms with van der Waals surface area (Å²) in [5.41, 5.74) is 0. The molecule has 9 heteroatoms. The summed E-state index contributed by atoms with van der Waals surface area (Å²) < 4.78 is 38.9. The molecule has 0 aromatic carbocycles. The minimum atomic E-state index is -4.89. The first kappa shape index (κ1) is 14.4. The summed E-state index contributed by atoms with van der Waals surface area (Å²) in [6, 6.07) is -1.40. The Labute approximate surface area is 103 Å². The van der Waals surface area contributed by atoms with Crippen molar-refractivity contribution in [3.05, 3.63) is 12.7 Å². The van der Waals surface area contributed by atoms with Gasteiger partial charge in [-0.25, -0.2) is 9.59 Å². The molecule has 1 fully saturated rings. The number of hydrogen-bond donors (Lipinski definition) is 1. The van der Waals surface area contributed by atoms with Gasteiger partial charge in [-0.3, -0.25) is 4.90 Å². The Bertz CT molecular complexity index is 462. The molecular weight excluding hydrogens is 269 g/mol. The molecule has 7 nitrogen and oxygen atoms in total. The van der Waals surface area contributed by atoms with Gasteiger partial charge in [-0.1, -0.05) is 12.7 Å². The molecule has 1 amide bonds. The molecule has 102 valence electrons. The minimum absolute atomic E-state index is 0.144. The van der Waals surface area contributed by atoms with Crippen molar-refractivity contribution in [2.45, 2.75) is 17.7 Å². The van der Waals surface area contributed by atoms with E-state index in [1.54, 1.807) is 0 Å². The molecule has 0 saturated carbocycles. The lowest BCUT2D eigenvalue weighted by molar-refractivity contribution is -0.141. The van der Waals surface area contributed by atoms with Crippen molar-refractivity contribution < 1.29 is 31.7 Å². The largest absolute Gasteiger partial charge is 0.480 e. The van der Waals surface area contributed by atoms with Crippen LogP contribution >= 0.6 is 0 Å². The van der Waals surface area contributed by atoms with E-state index in [0.29, 0.717) is 4.90 Å². The zero-order chi connectivity index (χ0) is 13.9. The van der Waals surface area contributed by atoms with Crippen molar-refractivity contribution in [3.63, 3.8) is 0 Å². The van der Waals surface area contributed by atoms with Crippen LogP contribution in [-0.4, -0.2) is 54.9 Å². The highest BCUT2D eigenvalue weighted by Crippen LogP contribution is 2.25. The zero-order valence-electron chi connectivity index (χ0n) is 9.28. The van der Waals surface area contributed by atoms with Crippen LogP contribution < -0.4 is 0 Å². The molecule has 2 unspecified atom stereocenters. The molecule has 0 aromatic heterocycles. The number of carbonyl (C=O) groups excluding carboxylic acids is 1. The quantitative estimate of drug-likeness (QED) is 0.581. The highest BCUT2D eigenvalue weighted by Gasteiger charge is 2.45. The number of amides is 1. The van der Waals surface area contributed by atoms with Gasteiger partial charge in [-0.15, -0.1) is 3.89 Å². The molecule has 0 radical (unpaired) electrons. The van der Waals surface area contributed by atoms with E-state index >= 15 is 0 Å². The number of carbonyl (C=O) groups is 2. The predicted molar refractivity (Wildman–Crippen MR) is 58.1 cm³/mol. The molecular formula is C9H12FNO6S. The standard InChI is InChI=1S/C9H12FNO6S/c1-2-3-17-9(14)11-5-6(18(10,15)16)4-7(11)8(12)13/h2,6-7H,1,3-5H2,(H,12,13). The molecule has 1 N–H and O–H groups in total. The number of ether oxygens (including phenoxy) is 1. The lowest BCUT2D eigenvalue weighted by atomic mass is 10.2. The number of carboxylic acid groups (broad SMARTS) is 1. The van der Waals surface area contributed by atoms with Crippen molar-refractivity contribution in [2.24, 2.45) is 0 Å². The van der Waals surface area contributed by atoms with Gasteiger partial charge in [0.05, 0.1) is 0 Å². The molecule has 1 saturated heterocycles. The molecule has 1 aliphatic rings. The fourth-order valence-corrected chi connectivity index (χ4v) is 2.40. The van der Waals surface area contributed by atoms with Crippen LogP contribution in [0.25, 0.3) is 0 Å². The highest BCUT2D eigenvalue weighted by molar-refractivity contribution is 7.87. The molecule has 1 heterocycles.